The monoisotopic (exact) mass is 320 g/mol. The van der Waals surface area contributed by atoms with E-state index in [0.29, 0.717) is 24.6 Å². The van der Waals surface area contributed by atoms with Crippen LogP contribution in [0.4, 0.5) is 0 Å². The maximum Gasteiger partial charge on any atom is 0.241 e. The molecule has 2 aliphatic heterocycles. The summed E-state index contributed by atoms with van der Waals surface area (Å²) in [6.07, 6.45) is 2.05. The minimum atomic E-state index is -3.28. The van der Waals surface area contributed by atoms with Gasteiger partial charge in [0.25, 0.3) is 0 Å². The van der Waals surface area contributed by atoms with Gasteiger partial charge in [-0.15, -0.1) is 0 Å². The predicted molar refractivity (Wildman–Crippen MR) is 82.3 cm³/mol. The van der Waals surface area contributed by atoms with E-state index in [9.17, 15) is 13.2 Å². The predicted octanol–water partition coefficient (Wildman–Crippen LogP) is 1.15. The molecule has 1 amide bonds. The van der Waals surface area contributed by atoms with Crippen LogP contribution in [0.15, 0.2) is 0 Å². The fraction of sp³-hybridized carbons (Fsp3) is 0.923. The van der Waals surface area contributed by atoms with E-state index in [2.05, 4.69) is 6.92 Å². The van der Waals surface area contributed by atoms with Crippen LogP contribution in [0.1, 0.15) is 33.1 Å². The number of thioether (sulfide) groups is 1. The normalized spacial score (nSPS) is 28.8. The third-order valence-electron chi connectivity index (χ3n) is 3.86. The molecule has 2 aliphatic rings. The highest BCUT2D eigenvalue weighted by Crippen LogP contribution is 2.26. The summed E-state index contributed by atoms with van der Waals surface area (Å²) >= 11 is 1.87. The second kappa shape index (κ2) is 6.66. The number of sulfonamides is 1. The summed E-state index contributed by atoms with van der Waals surface area (Å²) in [6.45, 7) is 5.95. The average Bonchev–Trinajstić information content (AvgIpc) is 2.87. The zero-order valence-electron chi connectivity index (χ0n) is 12.2. The van der Waals surface area contributed by atoms with Gasteiger partial charge in [-0.25, -0.2) is 8.42 Å². The Labute approximate surface area is 126 Å². The lowest BCUT2D eigenvalue weighted by Gasteiger charge is -2.34. The molecule has 0 N–H and O–H groups in total. The first-order valence-electron chi connectivity index (χ1n) is 7.35. The van der Waals surface area contributed by atoms with Crippen molar-refractivity contribution in [1.82, 2.24) is 9.21 Å². The van der Waals surface area contributed by atoms with Crippen LogP contribution in [0.2, 0.25) is 0 Å². The molecule has 0 aromatic carbocycles. The first-order chi connectivity index (χ1) is 9.45. The highest BCUT2D eigenvalue weighted by Gasteiger charge is 2.40. The summed E-state index contributed by atoms with van der Waals surface area (Å²) < 4.78 is 25.9. The Morgan fingerprint density at radius 2 is 2.10 bits per heavy atom. The van der Waals surface area contributed by atoms with E-state index in [0.717, 1.165) is 25.3 Å². The topological polar surface area (TPSA) is 57.7 Å². The Hall–Kier alpha value is -0.270. The van der Waals surface area contributed by atoms with Gasteiger partial charge in [0.2, 0.25) is 15.9 Å². The Morgan fingerprint density at radius 1 is 1.35 bits per heavy atom. The quantitative estimate of drug-likeness (QED) is 0.780. The van der Waals surface area contributed by atoms with Crippen molar-refractivity contribution in [3.8, 4) is 0 Å². The van der Waals surface area contributed by atoms with Gasteiger partial charge in [0, 0.05) is 30.6 Å². The van der Waals surface area contributed by atoms with Gasteiger partial charge < -0.3 is 4.90 Å². The Balaban J connectivity index is 2.08. The van der Waals surface area contributed by atoms with Crippen molar-refractivity contribution in [3.05, 3.63) is 0 Å². The molecule has 0 saturated carbocycles. The number of rotatable bonds is 4. The van der Waals surface area contributed by atoms with Gasteiger partial charge in [-0.05, 0) is 19.3 Å². The lowest BCUT2D eigenvalue weighted by Crippen LogP contribution is -2.51. The van der Waals surface area contributed by atoms with E-state index in [1.807, 2.05) is 23.6 Å². The van der Waals surface area contributed by atoms with Gasteiger partial charge in [0.05, 0.1) is 5.75 Å². The minimum Gasteiger partial charge on any atom is -0.339 e. The Bertz CT molecular complexity index is 453. The maximum atomic E-state index is 12.6. The fourth-order valence-electron chi connectivity index (χ4n) is 2.92. The summed E-state index contributed by atoms with van der Waals surface area (Å²) in [5.41, 5.74) is 0. The van der Waals surface area contributed by atoms with Crippen LogP contribution < -0.4 is 0 Å². The van der Waals surface area contributed by atoms with Crippen LogP contribution in [-0.2, 0) is 14.8 Å². The van der Waals surface area contributed by atoms with Crippen molar-refractivity contribution >= 4 is 27.7 Å². The third kappa shape index (κ3) is 3.49. The molecule has 7 heteroatoms. The van der Waals surface area contributed by atoms with Gasteiger partial charge >= 0.3 is 0 Å². The maximum absolute atomic E-state index is 12.6. The average molecular weight is 320 g/mol. The number of carbonyl (C=O) groups excluding carboxylic acids is 1. The summed E-state index contributed by atoms with van der Waals surface area (Å²) in [4.78, 5) is 14.5. The van der Waals surface area contributed by atoms with E-state index < -0.39 is 16.1 Å². The molecular weight excluding hydrogens is 296 g/mol. The minimum absolute atomic E-state index is 0.00864. The van der Waals surface area contributed by atoms with Crippen LogP contribution >= 0.6 is 11.8 Å². The Morgan fingerprint density at radius 3 is 2.75 bits per heavy atom. The molecule has 2 rings (SSSR count). The van der Waals surface area contributed by atoms with Crippen molar-refractivity contribution in [2.24, 2.45) is 0 Å². The number of amides is 1. The molecule has 0 aliphatic carbocycles. The second-order valence-electron chi connectivity index (χ2n) is 5.55. The summed E-state index contributed by atoms with van der Waals surface area (Å²) in [6, 6.07) is -0.457. The highest BCUT2D eigenvalue weighted by atomic mass is 32.2. The van der Waals surface area contributed by atoms with E-state index >= 15 is 0 Å². The number of carbonyl (C=O) groups is 1. The van der Waals surface area contributed by atoms with Gasteiger partial charge in [-0.2, -0.15) is 16.1 Å². The molecular formula is C13H24N2O3S2. The lowest BCUT2D eigenvalue weighted by atomic mass is 10.2. The number of nitrogens with zero attached hydrogens (tertiary/aromatic N) is 2. The van der Waals surface area contributed by atoms with Gasteiger partial charge in [-0.1, -0.05) is 13.8 Å². The van der Waals surface area contributed by atoms with E-state index in [1.54, 1.807) is 0 Å². The SMILES string of the molecule is CCCS(=O)(=O)N1CCC[C@@H]1C(=O)N1CCS[C@H](C)C1. The van der Waals surface area contributed by atoms with Gasteiger partial charge in [-0.3, -0.25) is 4.79 Å². The lowest BCUT2D eigenvalue weighted by molar-refractivity contribution is -0.134. The molecule has 2 fully saturated rings. The molecule has 2 heterocycles. The molecule has 0 aromatic heterocycles. The molecule has 20 heavy (non-hydrogen) atoms. The van der Waals surface area contributed by atoms with Crippen molar-refractivity contribution in [1.29, 1.82) is 0 Å². The second-order valence-corrected chi connectivity index (χ2v) is 9.14. The fourth-order valence-corrected chi connectivity index (χ4v) is 5.68. The zero-order valence-corrected chi connectivity index (χ0v) is 13.9. The third-order valence-corrected chi connectivity index (χ3v) is 7.07. The first kappa shape index (κ1) is 16.1. The first-order valence-corrected chi connectivity index (χ1v) is 10.0. The van der Waals surface area contributed by atoms with Crippen LogP contribution in [0, 0.1) is 0 Å². The van der Waals surface area contributed by atoms with Crippen LogP contribution in [0.3, 0.4) is 0 Å². The number of hydrogen-bond donors (Lipinski definition) is 0. The molecule has 2 atom stereocenters. The van der Waals surface area contributed by atoms with Crippen molar-refractivity contribution in [3.63, 3.8) is 0 Å². The standard InChI is InChI=1S/C13H24N2O3S2/c1-3-9-20(17,18)15-6-4-5-12(15)13(16)14-7-8-19-11(2)10-14/h11-12H,3-10H2,1-2H3/t11-,12-/m1/s1. The highest BCUT2D eigenvalue weighted by molar-refractivity contribution is 8.00. The molecule has 2 saturated heterocycles. The molecule has 0 aromatic rings. The van der Waals surface area contributed by atoms with Crippen molar-refractivity contribution in [2.75, 3.05) is 31.1 Å². The summed E-state index contributed by atoms with van der Waals surface area (Å²) in [7, 11) is -3.28. The number of hydrogen-bond acceptors (Lipinski definition) is 4. The molecule has 0 radical (unpaired) electrons. The summed E-state index contributed by atoms with van der Waals surface area (Å²) in [5, 5.41) is 0.440. The largest absolute Gasteiger partial charge is 0.339 e. The van der Waals surface area contributed by atoms with Gasteiger partial charge in [0.1, 0.15) is 6.04 Å². The van der Waals surface area contributed by atoms with Crippen molar-refractivity contribution < 1.29 is 13.2 Å². The van der Waals surface area contributed by atoms with Crippen LogP contribution in [0.25, 0.3) is 0 Å². The molecule has 0 unspecified atom stereocenters. The van der Waals surface area contributed by atoms with E-state index in [4.69, 9.17) is 0 Å². The Kier molecular flexibility index (Phi) is 5.36. The van der Waals surface area contributed by atoms with E-state index in [-0.39, 0.29) is 11.7 Å². The smallest absolute Gasteiger partial charge is 0.241 e. The van der Waals surface area contributed by atoms with Crippen LogP contribution in [-0.4, -0.2) is 66.0 Å². The van der Waals surface area contributed by atoms with Crippen LogP contribution in [0.5, 0.6) is 0 Å². The molecule has 116 valence electrons. The molecule has 5 nitrogen and oxygen atoms in total. The van der Waals surface area contributed by atoms with Crippen molar-refractivity contribution in [2.45, 2.75) is 44.4 Å². The zero-order chi connectivity index (χ0) is 14.8. The molecule has 0 bridgehead atoms. The molecule has 0 spiro atoms. The van der Waals surface area contributed by atoms with E-state index in [1.165, 1.54) is 4.31 Å². The van der Waals surface area contributed by atoms with Gasteiger partial charge in [0.15, 0.2) is 0 Å². The summed E-state index contributed by atoms with van der Waals surface area (Å²) in [5.74, 6) is 1.10.